The predicted molar refractivity (Wildman–Crippen MR) is 43.3 cm³/mol. The molecule has 0 radical (unpaired) electrons. The van der Waals surface area contributed by atoms with E-state index in [0.29, 0.717) is 13.1 Å². The topological polar surface area (TPSA) is 64.9 Å². The van der Waals surface area contributed by atoms with E-state index in [2.05, 4.69) is 10.3 Å². The van der Waals surface area contributed by atoms with Gasteiger partial charge >= 0.3 is 5.97 Å². The highest BCUT2D eigenvalue weighted by atomic mass is 16.4. The highest BCUT2D eigenvalue weighted by Gasteiger charge is 2.47. The number of piperazine rings is 1. The molecule has 0 saturated carbocycles. The zero-order valence-corrected chi connectivity index (χ0v) is 6.66. The standard InChI is InChI=1S/C7H11N3O2/c11-6(12)7-3-8-1-2-10(7)5-9-4-7/h5,8H,1-4H2,(H,11,12). The highest BCUT2D eigenvalue weighted by molar-refractivity contribution is 5.85. The molecule has 2 heterocycles. The third-order valence-corrected chi connectivity index (χ3v) is 2.47. The van der Waals surface area contributed by atoms with E-state index >= 15 is 0 Å². The summed E-state index contributed by atoms with van der Waals surface area (Å²) < 4.78 is 0. The lowest BCUT2D eigenvalue weighted by molar-refractivity contribution is -0.148. The molecular formula is C7H11N3O2. The van der Waals surface area contributed by atoms with Crippen LogP contribution in [-0.2, 0) is 4.79 Å². The lowest BCUT2D eigenvalue weighted by Crippen LogP contribution is -2.64. The van der Waals surface area contributed by atoms with Crippen molar-refractivity contribution < 1.29 is 9.90 Å². The van der Waals surface area contributed by atoms with E-state index in [0.717, 1.165) is 13.1 Å². The Morgan fingerprint density at radius 1 is 1.75 bits per heavy atom. The molecule has 2 aliphatic heterocycles. The molecule has 0 aliphatic carbocycles. The Kier molecular flexibility index (Phi) is 1.54. The number of hydrogen-bond acceptors (Lipinski definition) is 4. The van der Waals surface area contributed by atoms with Crippen molar-refractivity contribution in [2.24, 2.45) is 4.99 Å². The molecule has 0 aromatic carbocycles. The summed E-state index contributed by atoms with van der Waals surface area (Å²) in [5.74, 6) is -0.785. The quantitative estimate of drug-likeness (QED) is 0.515. The SMILES string of the molecule is O=C(O)C12CN=CN1CCNC2. The van der Waals surface area contributed by atoms with Crippen molar-refractivity contribution in [2.45, 2.75) is 5.54 Å². The Bertz CT molecular complexity index is 241. The van der Waals surface area contributed by atoms with Crippen LogP contribution in [0.4, 0.5) is 0 Å². The van der Waals surface area contributed by atoms with Crippen molar-refractivity contribution in [1.82, 2.24) is 10.2 Å². The Balaban J connectivity index is 2.26. The van der Waals surface area contributed by atoms with Gasteiger partial charge in [-0.25, -0.2) is 4.79 Å². The Labute approximate surface area is 70.1 Å². The zero-order chi connectivity index (χ0) is 8.60. The fourth-order valence-electron chi connectivity index (χ4n) is 1.68. The van der Waals surface area contributed by atoms with Gasteiger partial charge in [0.1, 0.15) is 0 Å². The minimum Gasteiger partial charge on any atom is -0.479 e. The number of rotatable bonds is 1. The molecular weight excluding hydrogens is 158 g/mol. The number of nitrogens with one attached hydrogen (secondary N) is 1. The lowest BCUT2D eigenvalue weighted by Gasteiger charge is -2.38. The third-order valence-electron chi connectivity index (χ3n) is 2.47. The summed E-state index contributed by atoms with van der Waals surface area (Å²) in [7, 11) is 0. The smallest absolute Gasteiger partial charge is 0.332 e. The molecule has 1 unspecified atom stereocenters. The lowest BCUT2D eigenvalue weighted by atomic mass is 9.97. The van der Waals surface area contributed by atoms with Crippen LogP contribution in [0.15, 0.2) is 4.99 Å². The van der Waals surface area contributed by atoms with Gasteiger partial charge in [-0.05, 0) is 0 Å². The summed E-state index contributed by atoms with van der Waals surface area (Å²) in [6.45, 7) is 2.43. The molecule has 12 heavy (non-hydrogen) atoms. The minimum atomic E-state index is -0.793. The molecule has 1 fully saturated rings. The normalized spacial score (nSPS) is 33.5. The van der Waals surface area contributed by atoms with Crippen molar-refractivity contribution in [3.8, 4) is 0 Å². The van der Waals surface area contributed by atoms with E-state index in [9.17, 15) is 4.79 Å². The summed E-state index contributed by atoms with van der Waals surface area (Å²) in [5, 5.41) is 12.1. The molecule has 2 rings (SSSR count). The van der Waals surface area contributed by atoms with Crippen molar-refractivity contribution in [3.05, 3.63) is 0 Å². The fourth-order valence-corrected chi connectivity index (χ4v) is 1.68. The molecule has 0 aromatic rings. The van der Waals surface area contributed by atoms with Crippen LogP contribution in [0, 0.1) is 0 Å². The van der Waals surface area contributed by atoms with E-state index in [1.807, 2.05) is 4.90 Å². The fraction of sp³-hybridized carbons (Fsp3) is 0.714. The largest absolute Gasteiger partial charge is 0.479 e. The van der Waals surface area contributed by atoms with Gasteiger partial charge in [0, 0.05) is 19.6 Å². The second-order valence-corrected chi connectivity index (χ2v) is 3.16. The monoisotopic (exact) mass is 169 g/mol. The van der Waals surface area contributed by atoms with Crippen LogP contribution in [0.5, 0.6) is 0 Å². The maximum absolute atomic E-state index is 11.0. The van der Waals surface area contributed by atoms with E-state index < -0.39 is 11.5 Å². The molecule has 5 heteroatoms. The Morgan fingerprint density at radius 3 is 3.25 bits per heavy atom. The molecule has 66 valence electrons. The summed E-state index contributed by atoms with van der Waals surface area (Å²) in [5.41, 5.74) is -0.793. The van der Waals surface area contributed by atoms with Crippen LogP contribution in [0.25, 0.3) is 0 Å². The molecule has 0 aromatic heterocycles. The van der Waals surface area contributed by atoms with Gasteiger partial charge in [0.2, 0.25) is 0 Å². The second-order valence-electron chi connectivity index (χ2n) is 3.16. The number of carboxylic acid groups (broad SMARTS) is 1. The molecule has 2 N–H and O–H groups in total. The zero-order valence-electron chi connectivity index (χ0n) is 6.66. The van der Waals surface area contributed by atoms with Gasteiger partial charge in [-0.15, -0.1) is 0 Å². The van der Waals surface area contributed by atoms with Crippen molar-refractivity contribution in [1.29, 1.82) is 0 Å². The molecule has 1 atom stereocenters. The Hall–Kier alpha value is -1.10. The van der Waals surface area contributed by atoms with Crippen molar-refractivity contribution in [3.63, 3.8) is 0 Å². The third kappa shape index (κ3) is 0.828. The molecule has 1 saturated heterocycles. The van der Waals surface area contributed by atoms with Gasteiger partial charge in [0.05, 0.1) is 12.9 Å². The number of hydrogen-bond donors (Lipinski definition) is 2. The molecule has 0 spiro atoms. The molecule has 5 nitrogen and oxygen atoms in total. The molecule has 0 amide bonds. The average molecular weight is 169 g/mol. The highest BCUT2D eigenvalue weighted by Crippen LogP contribution is 2.21. The first-order valence-electron chi connectivity index (χ1n) is 3.96. The van der Waals surface area contributed by atoms with Crippen LogP contribution in [0.2, 0.25) is 0 Å². The summed E-state index contributed by atoms with van der Waals surface area (Å²) in [6, 6.07) is 0. The number of nitrogens with zero attached hydrogens (tertiary/aromatic N) is 2. The van der Waals surface area contributed by atoms with E-state index in [-0.39, 0.29) is 0 Å². The summed E-state index contributed by atoms with van der Waals surface area (Å²) in [4.78, 5) is 16.8. The van der Waals surface area contributed by atoms with Gasteiger partial charge in [0.25, 0.3) is 0 Å². The van der Waals surface area contributed by atoms with Crippen molar-refractivity contribution in [2.75, 3.05) is 26.2 Å². The van der Waals surface area contributed by atoms with Gasteiger partial charge in [-0.3, -0.25) is 4.99 Å². The average Bonchev–Trinajstić information content (AvgIpc) is 2.48. The van der Waals surface area contributed by atoms with E-state index in [1.54, 1.807) is 6.34 Å². The van der Waals surface area contributed by atoms with Crippen LogP contribution in [-0.4, -0.2) is 54.0 Å². The first-order valence-corrected chi connectivity index (χ1v) is 3.96. The Morgan fingerprint density at radius 2 is 2.58 bits per heavy atom. The van der Waals surface area contributed by atoms with Crippen LogP contribution in [0.3, 0.4) is 0 Å². The van der Waals surface area contributed by atoms with Gasteiger partial charge < -0.3 is 15.3 Å². The summed E-state index contributed by atoms with van der Waals surface area (Å²) >= 11 is 0. The number of carbonyl (C=O) groups is 1. The van der Waals surface area contributed by atoms with Gasteiger partial charge in [-0.1, -0.05) is 0 Å². The first-order chi connectivity index (χ1) is 5.76. The number of fused-ring (bicyclic) bond motifs is 1. The van der Waals surface area contributed by atoms with E-state index in [4.69, 9.17) is 5.11 Å². The number of carboxylic acids is 1. The maximum Gasteiger partial charge on any atom is 0.332 e. The van der Waals surface area contributed by atoms with Crippen LogP contribution >= 0.6 is 0 Å². The number of aliphatic carboxylic acids is 1. The minimum absolute atomic E-state index is 0.370. The van der Waals surface area contributed by atoms with Gasteiger partial charge in [0.15, 0.2) is 5.54 Å². The molecule has 2 aliphatic rings. The van der Waals surface area contributed by atoms with Crippen LogP contribution in [0.1, 0.15) is 0 Å². The maximum atomic E-state index is 11.0. The first kappa shape index (κ1) is 7.54. The van der Waals surface area contributed by atoms with Crippen molar-refractivity contribution >= 4 is 12.3 Å². The van der Waals surface area contributed by atoms with Gasteiger partial charge in [-0.2, -0.15) is 0 Å². The van der Waals surface area contributed by atoms with Crippen LogP contribution < -0.4 is 5.32 Å². The predicted octanol–water partition coefficient (Wildman–Crippen LogP) is -1.24. The second kappa shape index (κ2) is 2.45. The molecule has 0 bridgehead atoms. The summed E-state index contributed by atoms with van der Waals surface area (Å²) in [6.07, 6.45) is 1.65. The number of aliphatic imine (C=N–C) groups is 1. The van der Waals surface area contributed by atoms with E-state index in [1.165, 1.54) is 0 Å².